The van der Waals surface area contributed by atoms with Crippen LogP contribution >= 0.6 is 0 Å². The third kappa shape index (κ3) is 6.49. The van der Waals surface area contributed by atoms with E-state index in [9.17, 15) is 4.79 Å². The van der Waals surface area contributed by atoms with Crippen molar-refractivity contribution in [2.24, 2.45) is 0 Å². The smallest absolute Gasteiger partial charge is 0.227 e. The number of carbonyl (C=O) groups excluding carboxylic acids is 1. The van der Waals surface area contributed by atoms with Crippen LogP contribution in [0.1, 0.15) is 49.2 Å². The Morgan fingerprint density at radius 1 is 1.03 bits per heavy atom. The van der Waals surface area contributed by atoms with Crippen molar-refractivity contribution in [2.75, 3.05) is 32.8 Å². The predicted molar refractivity (Wildman–Crippen MR) is 127 cm³/mol. The van der Waals surface area contributed by atoms with Gasteiger partial charge in [-0.1, -0.05) is 73.6 Å². The third-order valence-electron chi connectivity index (χ3n) is 5.95. The van der Waals surface area contributed by atoms with Gasteiger partial charge < -0.3 is 14.6 Å². The molecule has 2 heterocycles. The Hall–Kier alpha value is -3.03. The van der Waals surface area contributed by atoms with Crippen molar-refractivity contribution in [3.05, 3.63) is 71.6 Å². The molecule has 1 amide bonds. The second-order valence-corrected chi connectivity index (χ2v) is 8.73. The number of hydrogen-bond acceptors (Lipinski definition) is 6. The zero-order chi connectivity index (χ0) is 23.0. The average Bonchev–Trinajstić information content (AvgIpc) is 3.33. The molecule has 1 unspecified atom stereocenters. The van der Waals surface area contributed by atoms with E-state index in [0.717, 1.165) is 44.0 Å². The standard InChI is InChI=1S/C26H32N4O3/c1-19(2)20-8-10-22(11-9-20)26-28-25(33-29-26)13-12-24(31)27-23(21-6-4-3-5-7-21)18-30-14-16-32-17-15-30/h3-11,19,23H,12-18H2,1-2H3,(H,27,31). The van der Waals surface area contributed by atoms with Gasteiger partial charge in [0.05, 0.1) is 19.3 Å². The van der Waals surface area contributed by atoms with Crippen LogP contribution in [0.5, 0.6) is 0 Å². The molecule has 1 atom stereocenters. The summed E-state index contributed by atoms with van der Waals surface area (Å²) in [5, 5.41) is 7.28. The lowest BCUT2D eigenvalue weighted by molar-refractivity contribution is -0.122. The number of benzene rings is 2. The summed E-state index contributed by atoms with van der Waals surface area (Å²) in [6.45, 7) is 8.30. The van der Waals surface area contributed by atoms with Crippen molar-refractivity contribution < 1.29 is 14.1 Å². The molecular formula is C26H32N4O3. The Morgan fingerprint density at radius 2 is 1.76 bits per heavy atom. The van der Waals surface area contributed by atoms with Crippen LogP contribution in [0.2, 0.25) is 0 Å². The topological polar surface area (TPSA) is 80.5 Å². The lowest BCUT2D eigenvalue weighted by Crippen LogP contribution is -2.43. The maximum Gasteiger partial charge on any atom is 0.227 e. The minimum Gasteiger partial charge on any atom is -0.379 e. The molecule has 2 aromatic carbocycles. The third-order valence-corrected chi connectivity index (χ3v) is 5.95. The number of hydrogen-bond donors (Lipinski definition) is 1. The fraction of sp³-hybridized carbons (Fsp3) is 0.423. The number of nitrogens with zero attached hydrogens (tertiary/aromatic N) is 3. The molecule has 33 heavy (non-hydrogen) atoms. The molecule has 7 nitrogen and oxygen atoms in total. The molecule has 1 N–H and O–H groups in total. The van der Waals surface area contributed by atoms with Crippen molar-refractivity contribution in [1.82, 2.24) is 20.4 Å². The quantitative estimate of drug-likeness (QED) is 0.533. The highest BCUT2D eigenvalue weighted by Crippen LogP contribution is 2.21. The number of morpholine rings is 1. The molecule has 0 bridgehead atoms. The molecule has 174 valence electrons. The number of carbonyl (C=O) groups is 1. The summed E-state index contributed by atoms with van der Waals surface area (Å²) in [5.74, 6) is 1.47. The SMILES string of the molecule is CC(C)c1ccc(-c2noc(CCC(=O)NC(CN3CCOCC3)c3ccccc3)n2)cc1. The van der Waals surface area contributed by atoms with Crippen molar-refractivity contribution in [1.29, 1.82) is 0 Å². The van der Waals surface area contributed by atoms with E-state index in [1.165, 1.54) is 5.56 Å². The second-order valence-electron chi connectivity index (χ2n) is 8.73. The minimum absolute atomic E-state index is 0.0295. The van der Waals surface area contributed by atoms with Crippen LogP contribution in [-0.2, 0) is 16.0 Å². The molecule has 4 rings (SSSR count). The van der Waals surface area contributed by atoms with Gasteiger partial charge in [0.1, 0.15) is 0 Å². The maximum absolute atomic E-state index is 12.8. The Kier molecular flexibility index (Phi) is 7.86. The van der Waals surface area contributed by atoms with E-state index in [1.807, 2.05) is 30.3 Å². The molecule has 0 spiro atoms. The average molecular weight is 449 g/mol. The van der Waals surface area contributed by atoms with Crippen molar-refractivity contribution in [2.45, 2.75) is 38.6 Å². The largest absolute Gasteiger partial charge is 0.379 e. The summed E-state index contributed by atoms with van der Waals surface area (Å²) in [6, 6.07) is 18.2. The number of aryl methyl sites for hydroxylation is 1. The van der Waals surface area contributed by atoms with Gasteiger partial charge >= 0.3 is 0 Å². The Balaban J connectivity index is 1.34. The van der Waals surface area contributed by atoms with Crippen LogP contribution in [-0.4, -0.2) is 53.8 Å². The highest BCUT2D eigenvalue weighted by Gasteiger charge is 2.20. The fourth-order valence-corrected chi connectivity index (χ4v) is 3.94. The highest BCUT2D eigenvalue weighted by molar-refractivity contribution is 5.76. The summed E-state index contributed by atoms with van der Waals surface area (Å²) >= 11 is 0. The lowest BCUT2D eigenvalue weighted by Gasteiger charge is -2.31. The molecule has 1 aliphatic heterocycles. The molecule has 1 aromatic heterocycles. The number of amides is 1. The van der Waals surface area contributed by atoms with Crippen LogP contribution in [0.3, 0.4) is 0 Å². The van der Waals surface area contributed by atoms with E-state index >= 15 is 0 Å². The number of ether oxygens (including phenoxy) is 1. The predicted octanol–water partition coefficient (Wildman–Crippen LogP) is 3.98. The number of rotatable bonds is 9. The summed E-state index contributed by atoms with van der Waals surface area (Å²) < 4.78 is 10.8. The summed E-state index contributed by atoms with van der Waals surface area (Å²) in [6.07, 6.45) is 0.697. The number of aromatic nitrogens is 2. The molecule has 3 aromatic rings. The molecule has 1 aliphatic rings. The van der Waals surface area contributed by atoms with Gasteiger partial charge in [-0.05, 0) is 17.0 Å². The van der Waals surface area contributed by atoms with E-state index in [2.05, 4.69) is 58.5 Å². The highest BCUT2D eigenvalue weighted by atomic mass is 16.5. The molecule has 7 heteroatoms. The first-order valence-corrected chi connectivity index (χ1v) is 11.7. The van der Waals surface area contributed by atoms with Crippen molar-refractivity contribution in [3.8, 4) is 11.4 Å². The van der Waals surface area contributed by atoms with E-state index in [-0.39, 0.29) is 11.9 Å². The van der Waals surface area contributed by atoms with Gasteiger partial charge in [0.25, 0.3) is 0 Å². The van der Waals surface area contributed by atoms with Crippen molar-refractivity contribution in [3.63, 3.8) is 0 Å². The zero-order valence-electron chi connectivity index (χ0n) is 19.4. The van der Waals surface area contributed by atoms with E-state index in [1.54, 1.807) is 0 Å². The Bertz CT molecular complexity index is 1010. The van der Waals surface area contributed by atoms with Crippen LogP contribution in [0.4, 0.5) is 0 Å². The van der Waals surface area contributed by atoms with E-state index in [0.29, 0.717) is 30.5 Å². The molecule has 0 saturated carbocycles. The first-order valence-electron chi connectivity index (χ1n) is 11.7. The number of nitrogens with one attached hydrogen (secondary N) is 1. The van der Waals surface area contributed by atoms with Gasteiger partial charge in [0, 0.05) is 38.0 Å². The molecule has 1 saturated heterocycles. The van der Waals surface area contributed by atoms with Crippen LogP contribution in [0, 0.1) is 0 Å². The van der Waals surface area contributed by atoms with Crippen LogP contribution in [0.25, 0.3) is 11.4 Å². The first kappa shape index (κ1) is 23.1. The monoisotopic (exact) mass is 448 g/mol. The minimum atomic E-state index is -0.0745. The van der Waals surface area contributed by atoms with E-state index < -0.39 is 0 Å². The van der Waals surface area contributed by atoms with Gasteiger partial charge in [-0.2, -0.15) is 4.98 Å². The van der Waals surface area contributed by atoms with Crippen LogP contribution in [0.15, 0.2) is 59.1 Å². The summed E-state index contributed by atoms with van der Waals surface area (Å²) in [7, 11) is 0. The van der Waals surface area contributed by atoms with Crippen LogP contribution < -0.4 is 5.32 Å². The van der Waals surface area contributed by atoms with Gasteiger partial charge in [0.2, 0.25) is 17.6 Å². The first-order chi connectivity index (χ1) is 16.1. The summed E-state index contributed by atoms with van der Waals surface area (Å²) in [5.41, 5.74) is 3.28. The normalized spacial score (nSPS) is 15.5. The molecule has 1 fully saturated rings. The molecule has 0 aliphatic carbocycles. The zero-order valence-corrected chi connectivity index (χ0v) is 19.4. The Labute approximate surface area is 195 Å². The molecule has 0 radical (unpaired) electrons. The molecular weight excluding hydrogens is 416 g/mol. The second kappa shape index (κ2) is 11.2. The lowest BCUT2D eigenvalue weighted by atomic mass is 10.0. The maximum atomic E-state index is 12.8. The van der Waals surface area contributed by atoms with Gasteiger partial charge in [-0.15, -0.1) is 0 Å². The van der Waals surface area contributed by atoms with E-state index in [4.69, 9.17) is 9.26 Å². The Morgan fingerprint density at radius 3 is 2.45 bits per heavy atom. The van der Waals surface area contributed by atoms with Gasteiger partial charge in [0.15, 0.2) is 0 Å². The fourth-order valence-electron chi connectivity index (χ4n) is 3.94. The van der Waals surface area contributed by atoms with Gasteiger partial charge in [-0.3, -0.25) is 9.69 Å². The van der Waals surface area contributed by atoms with Gasteiger partial charge in [-0.25, -0.2) is 0 Å². The summed E-state index contributed by atoms with van der Waals surface area (Å²) in [4.78, 5) is 19.6. The van der Waals surface area contributed by atoms with Crippen molar-refractivity contribution >= 4 is 5.91 Å².